The molecule has 0 aliphatic heterocycles. The minimum Gasteiger partial charge on any atom is -0.268 e. The van der Waals surface area contributed by atoms with Crippen LogP contribution in [-0.2, 0) is 9.84 Å². The summed E-state index contributed by atoms with van der Waals surface area (Å²) in [5.41, 5.74) is 0.958. The van der Waals surface area contributed by atoms with E-state index in [4.69, 9.17) is 11.6 Å². The van der Waals surface area contributed by atoms with Crippen LogP contribution < -0.4 is 5.56 Å². The molecule has 0 aliphatic carbocycles. The molecular formula is C17H15ClN2O3S2. The van der Waals surface area contributed by atoms with Gasteiger partial charge in [-0.2, -0.15) is 0 Å². The minimum atomic E-state index is -3.09. The van der Waals surface area contributed by atoms with Gasteiger partial charge in [0.05, 0.1) is 22.3 Å². The van der Waals surface area contributed by atoms with Crippen LogP contribution in [0.15, 0.2) is 58.5 Å². The van der Waals surface area contributed by atoms with Crippen molar-refractivity contribution in [1.82, 2.24) is 9.55 Å². The molecule has 0 saturated carbocycles. The molecule has 1 heterocycles. The Kier molecular flexibility index (Phi) is 5.17. The van der Waals surface area contributed by atoms with E-state index in [1.165, 1.54) is 22.6 Å². The van der Waals surface area contributed by atoms with E-state index in [0.717, 1.165) is 0 Å². The zero-order valence-corrected chi connectivity index (χ0v) is 15.7. The predicted octanol–water partition coefficient (Wildman–Crippen LogP) is 3.18. The monoisotopic (exact) mass is 394 g/mol. The van der Waals surface area contributed by atoms with Gasteiger partial charge in [-0.1, -0.05) is 41.6 Å². The van der Waals surface area contributed by atoms with Gasteiger partial charge in [0, 0.05) is 17.0 Å². The lowest BCUT2D eigenvalue weighted by Crippen LogP contribution is -2.22. The maximum absolute atomic E-state index is 13.0. The largest absolute Gasteiger partial charge is 0.268 e. The molecule has 0 radical (unpaired) electrons. The molecule has 2 aromatic carbocycles. The van der Waals surface area contributed by atoms with Gasteiger partial charge >= 0.3 is 0 Å². The Morgan fingerprint density at radius 2 is 1.92 bits per heavy atom. The molecule has 0 N–H and O–H groups in total. The van der Waals surface area contributed by atoms with Crippen LogP contribution in [0, 0.1) is 0 Å². The smallest absolute Gasteiger partial charge is 0.266 e. The summed E-state index contributed by atoms with van der Waals surface area (Å²) < 4.78 is 24.2. The molecule has 0 aliphatic rings. The second kappa shape index (κ2) is 7.19. The Balaban J connectivity index is 2.16. The van der Waals surface area contributed by atoms with Gasteiger partial charge in [-0.3, -0.25) is 9.36 Å². The fourth-order valence-corrected chi connectivity index (χ4v) is 4.73. The molecular weight excluding hydrogens is 380 g/mol. The topological polar surface area (TPSA) is 69.0 Å². The zero-order chi connectivity index (χ0) is 18.0. The summed E-state index contributed by atoms with van der Waals surface area (Å²) in [5, 5.41) is 1.44. The average Bonchev–Trinajstić information content (AvgIpc) is 2.54. The first-order chi connectivity index (χ1) is 11.8. The number of rotatable bonds is 5. The molecule has 5 nitrogen and oxygen atoms in total. The number of para-hydroxylation sites is 1. The first kappa shape index (κ1) is 18.0. The van der Waals surface area contributed by atoms with Gasteiger partial charge in [-0.25, -0.2) is 13.4 Å². The summed E-state index contributed by atoms with van der Waals surface area (Å²) in [6.07, 6.45) is 1.19. The third-order valence-corrected chi connectivity index (χ3v) is 5.88. The van der Waals surface area contributed by atoms with Crippen molar-refractivity contribution in [2.75, 3.05) is 17.8 Å². The molecule has 3 rings (SSSR count). The summed E-state index contributed by atoms with van der Waals surface area (Å²) in [4.78, 5) is 17.5. The highest BCUT2D eigenvalue weighted by molar-refractivity contribution is 8.00. The van der Waals surface area contributed by atoms with Crippen molar-refractivity contribution in [3.63, 3.8) is 0 Å². The Morgan fingerprint density at radius 3 is 2.64 bits per heavy atom. The summed E-state index contributed by atoms with van der Waals surface area (Å²) in [6.45, 7) is 0. The Morgan fingerprint density at radius 1 is 1.16 bits per heavy atom. The molecule has 0 bridgehead atoms. The summed E-state index contributed by atoms with van der Waals surface area (Å²) in [7, 11) is -3.09. The van der Waals surface area contributed by atoms with Crippen molar-refractivity contribution >= 4 is 44.1 Å². The van der Waals surface area contributed by atoms with Crippen LogP contribution in [0.1, 0.15) is 0 Å². The lowest BCUT2D eigenvalue weighted by Gasteiger charge is -2.13. The third-order valence-electron chi connectivity index (χ3n) is 3.50. The Labute approximate surface area is 154 Å². The molecule has 1 aromatic heterocycles. The second-order valence-electron chi connectivity index (χ2n) is 5.51. The van der Waals surface area contributed by atoms with Crippen molar-refractivity contribution in [1.29, 1.82) is 0 Å². The third kappa shape index (κ3) is 4.23. The fourth-order valence-electron chi connectivity index (χ4n) is 2.34. The first-order valence-corrected chi connectivity index (χ1v) is 10.9. The first-order valence-electron chi connectivity index (χ1n) is 7.43. The van der Waals surface area contributed by atoms with Crippen LogP contribution in [0.5, 0.6) is 0 Å². The predicted molar refractivity (Wildman–Crippen MR) is 103 cm³/mol. The van der Waals surface area contributed by atoms with Gasteiger partial charge in [-0.05, 0) is 30.3 Å². The van der Waals surface area contributed by atoms with Crippen LogP contribution in [0.4, 0.5) is 0 Å². The van der Waals surface area contributed by atoms with E-state index in [1.807, 2.05) is 6.07 Å². The molecule has 0 unspecified atom stereocenters. The van der Waals surface area contributed by atoms with E-state index in [9.17, 15) is 13.2 Å². The van der Waals surface area contributed by atoms with Crippen LogP contribution >= 0.6 is 23.4 Å². The molecule has 0 saturated heterocycles. The van der Waals surface area contributed by atoms with E-state index >= 15 is 0 Å². The molecule has 8 heteroatoms. The van der Waals surface area contributed by atoms with Crippen LogP contribution in [0.25, 0.3) is 16.6 Å². The number of thioether (sulfide) groups is 1. The maximum atomic E-state index is 13.0. The highest BCUT2D eigenvalue weighted by atomic mass is 35.5. The SMILES string of the molecule is CS(=O)(=O)CCSc1nc2ccccc2c(=O)n1-c1cccc(Cl)c1. The van der Waals surface area contributed by atoms with Gasteiger partial charge in [0.25, 0.3) is 5.56 Å². The molecule has 130 valence electrons. The average molecular weight is 395 g/mol. The number of halogens is 1. The zero-order valence-electron chi connectivity index (χ0n) is 13.3. The lowest BCUT2D eigenvalue weighted by atomic mass is 10.2. The molecule has 25 heavy (non-hydrogen) atoms. The van der Waals surface area contributed by atoms with Gasteiger partial charge < -0.3 is 0 Å². The highest BCUT2D eigenvalue weighted by Crippen LogP contribution is 2.23. The van der Waals surface area contributed by atoms with E-state index < -0.39 is 9.84 Å². The molecule has 0 amide bonds. The fraction of sp³-hybridized carbons (Fsp3) is 0.176. The van der Waals surface area contributed by atoms with E-state index in [1.54, 1.807) is 42.5 Å². The number of benzene rings is 2. The number of nitrogens with zero attached hydrogens (tertiary/aromatic N) is 2. The van der Waals surface area contributed by atoms with E-state index in [2.05, 4.69) is 4.98 Å². The number of hydrogen-bond acceptors (Lipinski definition) is 5. The van der Waals surface area contributed by atoms with Crippen molar-refractivity contribution in [2.24, 2.45) is 0 Å². The molecule has 0 fully saturated rings. The Bertz CT molecular complexity index is 1090. The number of fused-ring (bicyclic) bond motifs is 1. The van der Waals surface area contributed by atoms with Crippen molar-refractivity contribution in [2.45, 2.75) is 5.16 Å². The van der Waals surface area contributed by atoms with Crippen LogP contribution in [-0.4, -0.2) is 35.7 Å². The number of hydrogen-bond donors (Lipinski definition) is 0. The summed E-state index contributed by atoms with van der Waals surface area (Å²) in [5.74, 6) is 0.320. The van der Waals surface area contributed by atoms with Gasteiger partial charge in [-0.15, -0.1) is 0 Å². The van der Waals surface area contributed by atoms with Gasteiger partial charge in [0.15, 0.2) is 5.16 Å². The normalized spacial score (nSPS) is 11.8. The molecule has 0 spiro atoms. The van der Waals surface area contributed by atoms with Gasteiger partial charge in [0.2, 0.25) is 0 Å². The maximum Gasteiger partial charge on any atom is 0.266 e. The summed E-state index contributed by atoms with van der Waals surface area (Å²) in [6, 6.07) is 14.0. The van der Waals surface area contributed by atoms with Crippen molar-refractivity contribution in [3.8, 4) is 5.69 Å². The number of sulfone groups is 1. The quantitative estimate of drug-likeness (QED) is 0.491. The van der Waals surface area contributed by atoms with Crippen molar-refractivity contribution < 1.29 is 8.42 Å². The standard InChI is InChI=1S/C17H15ClN2O3S2/c1-25(22,23)10-9-24-17-19-15-8-3-2-7-14(15)16(21)20(17)13-6-4-5-12(18)11-13/h2-8,11H,9-10H2,1H3. The lowest BCUT2D eigenvalue weighted by molar-refractivity contribution is 0.603. The van der Waals surface area contributed by atoms with Crippen molar-refractivity contribution in [3.05, 3.63) is 63.9 Å². The molecule has 3 aromatic rings. The summed E-state index contributed by atoms with van der Waals surface area (Å²) >= 11 is 7.29. The van der Waals surface area contributed by atoms with Crippen LogP contribution in [0.3, 0.4) is 0 Å². The Hall–Kier alpha value is -1.83. The van der Waals surface area contributed by atoms with E-state index in [0.29, 0.717) is 32.5 Å². The molecule has 0 atom stereocenters. The highest BCUT2D eigenvalue weighted by Gasteiger charge is 2.14. The van der Waals surface area contributed by atoms with E-state index in [-0.39, 0.29) is 11.3 Å². The van der Waals surface area contributed by atoms with Crippen LogP contribution in [0.2, 0.25) is 5.02 Å². The number of aromatic nitrogens is 2. The second-order valence-corrected chi connectivity index (χ2v) is 9.27. The van der Waals surface area contributed by atoms with Gasteiger partial charge in [0.1, 0.15) is 9.84 Å². The minimum absolute atomic E-state index is 0.00983.